The van der Waals surface area contributed by atoms with Crippen molar-refractivity contribution in [3.63, 3.8) is 0 Å². The molecule has 48 heavy (non-hydrogen) atoms. The number of nitrogens with zero attached hydrogens (tertiary/aromatic N) is 4. The minimum atomic E-state index is -0.834. The van der Waals surface area contributed by atoms with Crippen molar-refractivity contribution in [2.24, 2.45) is 0 Å². The summed E-state index contributed by atoms with van der Waals surface area (Å²) >= 11 is 1.18. The average Bonchev–Trinajstić information content (AvgIpc) is 3.44. The van der Waals surface area contributed by atoms with Crippen LogP contribution in [0.25, 0.3) is 26.3 Å². The van der Waals surface area contributed by atoms with Crippen LogP contribution in [-0.4, -0.2) is 31.8 Å². The van der Waals surface area contributed by atoms with Gasteiger partial charge in [0.1, 0.15) is 28.1 Å². The molecule has 3 aromatic carbocycles. The van der Waals surface area contributed by atoms with E-state index >= 15 is 0 Å². The van der Waals surface area contributed by atoms with Crippen LogP contribution in [-0.2, 0) is 30.8 Å². The third-order valence-electron chi connectivity index (χ3n) is 8.13. The lowest BCUT2D eigenvalue weighted by molar-refractivity contribution is -0.118. The summed E-state index contributed by atoms with van der Waals surface area (Å²) in [5.74, 6) is -2.12. The summed E-state index contributed by atoms with van der Waals surface area (Å²) in [6, 6.07) is 21.4. The highest BCUT2D eigenvalue weighted by molar-refractivity contribution is 7.22. The van der Waals surface area contributed by atoms with Crippen LogP contribution < -0.4 is 11.2 Å². The number of pyridine rings is 1. The van der Waals surface area contributed by atoms with Gasteiger partial charge in [0, 0.05) is 42.6 Å². The minimum Gasteiger partial charge on any atom is -0.299 e. The van der Waals surface area contributed by atoms with Gasteiger partial charge in [-0.2, -0.15) is 0 Å². The van der Waals surface area contributed by atoms with Gasteiger partial charge in [-0.05, 0) is 72.3 Å². The molecule has 0 radical (unpaired) electrons. The summed E-state index contributed by atoms with van der Waals surface area (Å²) in [5, 5.41) is 0.203. The maximum absolute atomic E-state index is 15.0. The molecule has 6 rings (SSSR count). The SMILES string of the molecule is CCC(=O)Cc1ccc(-c2sc3c(c2CN(C)Cc2ccccn2)c(=O)n(-c2ccc(F)cc2)c(=O)n3Cc2c(F)cccc2F)cc1. The molecule has 3 heterocycles. The van der Waals surface area contributed by atoms with E-state index in [0.717, 1.165) is 45.7 Å². The molecule has 11 heteroatoms. The van der Waals surface area contributed by atoms with E-state index in [1.165, 1.54) is 34.1 Å². The molecule has 3 aromatic heterocycles. The number of carbonyl (C=O) groups is 1. The van der Waals surface area contributed by atoms with Gasteiger partial charge in [0.25, 0.3) is 5.56 Å². The molecule has 0 aliphatic carbocycles. The van der Waals surface area contributed by atoms with Crippen molar-refractivity contribution in [2.45, 2.75) is 39.4 Å². The maximum atomic E-state index is 15.0. The predicted octanol–water partition coefficient (Wildman–Crippen LogP) is 6.90. The Hall–Kier alpha value is -5.13. The standard InChI is InChI=1S/C37H31F3N4O3S/c1-3-28(45)19-23-10-12-24(13-11-23)34-30(21-42(2)20-26-7-4-5-18-41-26)33-35(46)44(27-16-14-25(38)15-17-27)37(47)43(36(33)48-34)22-29-31(39)8-6-9-32(29)40/h4-18H,3,19-22H2,1-2H3. The second-order valence-corrected chi connectivity index (χ2v) is 12.5. The van der Waals surface area contributed by atoms with Crippen LogP contribution in [0.1, 0.15) is 35.7 Å². The number of thiophene rings is 1. The number of halogens is 3. The number of aromatic nitrogens is 3. The molecule has 0 spiro atoms. The van der Waals surface area contributed by atoms with E-state index < -0.39 is 35.2 Å². The molecule has 244 valence electrons. The Morgan fingerprint density at radius 1 is 0.854 bits per heavy atom. The first kappa shape index (κ1) is 32.8. The fraction of sp³-hybridized carbons (Fsp3) is 0.189. The Morgan fingerprint density at radius 2 is 1.56 bits per heavy atom. The summed E-state index contributed by atoms with van der Waals surface area (Å²) in [6.45, 7) is 2.03. The zero-order valence-corrected chi connectivity index (χ0v) is 27.1. The van der Waals surface area contributed by atoms with E-state index in [-0.39, 0.29) is 33.8 Å². The van der Waals surface area contributed by atoms with E-state index in [0.29, 0.717) is 29.8 Å². The Kier molecular flexibility index (Phi) is 9.51. The molecule has 0 aliphatic rings. The van der Waals surface area contributed by atoms with Gasteiger partial charge in [-0.1, -0.05) is 43.3 Å². The Balaban J connectivity index is 1.61. The molecule has 0 unspecified atom stereocenters. The third-order valence-corrected chi connectivity index (χ3v) is 9.44. The average molecular weight is 669 g/mol. The number of carbonyl (C=O) groups excluding carboxylic acids is 1. The van der Waals surface area contributed by atoms with Gasteiger partial charge in [-0.3, -0.25) is 24.0 Å². The fourth-order valence-corrected chi connectivity index (χ4v) is 6.97. The number of ketones is 1. The van der Waals surface area contributed by atoms with Crippen molar-refractivity contribution in [2.75, 3.05) is 7.05 Å². The number of benzene rings is 3. The fourth-order valence-electron chi connectivity index (χ4n) is 5.67. The normalized spacial score (nSPS) is 11.5. The Bertz CT molecular complexity index is 2210. The van der Waals surface area contributed by atoms with E-state index in [2.05, 4.69) is 4.98 Å². The van der Waals surface area contributed by atoms with Crippen LogP contribution >= 0.6 is 11.3 Å². The zero-order chi connectivity index (χ0) is 33.9. The molecular weight excluding hydrogens is 637 g/mol. The van der Waals surface area contributed by atoms with Gasteiger partial charge in [0.05, 0.1) is 23.3 Å². The molecule has 0 bridgehead atoms. The molecule has 0 amide bonds. The lowest BCUT2D eigenvalue weighted by Gasteiger charge is -2.18. The second kappa shape index (κ2) is 13.9. The van der Waals surface area contributed by atoms with Gasteiger partial charge in [0.15, 0.2) is 0 Å². The van der Waals surface area contributed by atoms with Crippen LogP contribution in [0.5, 0.6) is 0 Å². The number of hydrogen-bond donors (Lipinski definition) is 0. The van der Waals surface area contributed by atoms with Crippen LogP contribution in [0.2, 0.25) is 0 Å². The summed E-state index contributed by atoms with van der Waals surface area (Å²) in [4.78, 5) is 48.0. The van der Waals surface area contributed by atoms with Gasteiger partial charge in [0.2, 0.25) is 0 Å². The Labute approximate surface area is 278 Å². The van der Waals surface area contributed by atoms with Crippen molar-refractivity contribution >= 4 is 27.3 Å². The van der Waals surface area contributed by atoms with Crippen molar-refractivity contribution < 1.29 is 18.0 Å². The topological polar surface area (TPSA) is 77.2 Å². The van der Waals surface area contributed by atoms with Crippen LogP contribution in [0.4, 0.5) is 13.2 Å². The van der Waals surface area contributed by atoms with Crippen LogP contribution in [0.15, 0.2) is 101 Å². The van der Waals surface area contributed by atoms with Crippen molar-refractivity contribution in [1.82, 2.24) is 19.0 Å². The molecular formula is C37H31F3N4O3S. The highest BCUT2D eigenvalue weighted by Gasteiger charge is 2.26. The van der Waals surface area contributed by atoms with Gasteiger partial charge >= 0.3 is 5.69 Å². The van der Waals surface area contributed by atoms with E-state index in [1.807, 2.05) is 61.3 Å². The summed E-state index contributed by atoms with van der Waals surface area (Å²) in [6.07, 6.45) is 2.41. The summed E-state index contributed by atoms with van der Waals surface area (Å²) in [5.41, 5.74) is 1.31. The molecule has 0 N–H and O–H groups in total. The lowest BCUT2D eigenvalue weighted by Crippen LogP contribution is -2.39. The number of Topliss-reactive ketones (excluding diaryl/α,β-unsaturated/α-hetero) is 1. The molecule has 0 fully saturated rings. The monoisotopic (exact) mass is 668 g/mol. The smallest absolute Gasteiger partial charge is 0.299 e. The number of hydrogen-bond acceptors (Lipinski definition) is 6. The molecule has 0 aliphatic heterocycles. The van der Waals surface area contributed by atoms with Crippen LogP contribution in [0.3, 0.4) is 0 Å². The summed E-state index contributed by atoms with van der Waals surface area (Å²) in [7, 11) is 1.88. The molecule has 6 aromatic rings. The maximum Gasteiger partial charge on any atom is 0.337 e. The molecule has 0 atom stereocenters. The van der Waals surface area contributed by atoms with Gasteiger partial charge in [-0.25, -0.2) is 22.5 Å². The number of fused-ring (bicyclic) bond motifs is 1. The first-order chi connectivity index (χ1) is 23.1. The first-order valence-electron chi connectivity index (χ1n) is 15.3. The highest BCUT2D eigenvalue weighted by Crippen LogP contribution is 2.38. The van der Waals surface area contributed by atoms with Crippen molar-refractivity contribution in [3.05, 3.63) is 152 Å². The molecule has 0 saturated carbocycles. The predicted molar refractivity (Wildman–Crippen MR) is 181 cm³/mol. The lowest BCUT2D eigenvalue weighted by atomic mass is 10.0. The quantitative estimate of drug-likeness (QED) is 0.150. The highest BCUT2D eigenvalue weighted by atomic mass is 32.1. The van der Waals surface area contributed by atoms with Gasteiger partial charge < -0.3 is 0 Å². The van der Waals surface area contributed by atoms with Crippen LogP contribution in [0, 0.1) is 17.5 Å². The zero-order valence-electron chi connectivity index (χ0n) is 26.3. The molecule has 0 saturated heterocycles. The van der Waals surface area contributed by atoms with Crippen molar-refractivity contribution in [1.29, 1.82) is 0 Å². The third kappa shape index (κ3) is 6.65. The van der Waals surface area contributed by atoms with Gasteiger partial charge in [-0.15, -0.1) is 11.3 Å². The Morgan fingerprint density at radius 3 is 2.21 bits per heavy atom. The minimum absolute atomic E-state index is 0.104. The number of rotatable bonds is 11. The summed E-state index contributed by atoms with van der Waals surface area (Å²) < 4.78 is 46.0. The van der Waals surface area contributed by atoms with E-state index in [1.54, 1.807) is 6.20 Å². The first-order valence-corrected chi connectivity index (χ1v) is 16.2. The van der Waals surface area contributed by atoms with Crippen molar-refractivity contribution in [3.8, 4) is 16.1 Å². The molecule has 7 nitrogen and oxygen atoms in total. The van der Waals surface area contributed by atoms with E-state index in [4.69, 9.17) is 0 Å². The second-order valence-electron chi connectivity index (χ2n) is 11.5. The largest absolute Gasteiger partial charge is 0.337 e. The van der Waals surface area contributed by atoms with E-state index in [9.17, 15) is 27.6 Å².